The van der Waals surface area contributed by atoms with Crippen LogP contribution < -0.4 is 0 Å². The van der Waals surface area contributed by atoms with E-state index in [2.05, 4.69) is 27.9 Å². The summed E-state index contributed by atoms with van der Waals surface area (Å²) in [6, 6.07) is 0. The van der Waals surface area contributed by atoms with Gasteiger partial charge in [-0.3, -0.25) is 9.11 Å². The van der Waals surface area contributed by atoms with Crippen molar-refractivity contribution in [3.8, 4) is 0 Å². The minimum Gasteiger partial charge on any atom is -0.328 e. The van der Waals surface area contributed by atoms with E-state index < -0.39 is 10.4 Å². The molecule has 0 amide bonds. The Morgan fingerprint density at radius 2 is 1.10 bits per heavy atom. The highest BCUT2D eigenvalue weighted by molar-refractivity contribution is 7.79. The summed E-state index contributed by atoms with van der Waals surface area (Å²) in [7, 11) is 0.0650. The van der Waals surface area contributed by atoms with Crippen molar-refractivity contribution in [2.45, 2.75) is 71.6 Å². The molecule has 0 aromatic carbocycles. The van der Waals surface area contributed by atoms with Gasteiger partial charge in [-0.05, 0) is 19.3 Å². The summed E-state index contributed by atoms with van der Waals surface area (Å²) in [4.78, 5) is 0. The van der Waals surface area contributed by atoms with Crippen molar-refractivity contribution in [3.63, 3.8) is 0 Å². The summed E-state index contributed by atoms with van der Waals surface area (Å²) < 4.78 is 32.8. The Bertz CT molecular complexity index is 308. The van der Waals surface area contributed by atoms with E-state index in [4.69, 9.17) is 17.5 Å². The van der Waals surface area contributed by atoms with Crippen LogP contribution in [0, 0.1) is 0 Å². The van der Waals surface area contributed by atoms with Gasteiger partial charge in [0.15, 0.2) is 0 Å². The SMILES string of the molecule is CCCCCCCCCC[N+](C)(C)CCC.O=S(=O)(O)O. The van der Waals surface area contributed by atoms with Crippen molar-refractivity contribution in [3.05, 3.63) is 0 Å². The lowest BCUT2D eigenvalue weighted by Crippen LogP contribution is -2.40. The summed E-state index contributed by atoms with van der Waals surface area (Å²) in [6.07, 6.45) is 12.8. The van der Waals surface area contributed by atoms with E-state index in [1.54, 1.807) is 0 Å². The summed E-state index contributed by atoms with van der Waals surface area (Å²) in [5, 5.41) is 0. The predicted octanol–water partition coefficient (Wildman–Crippen LogP) is 3.96. The van der Waals surface area contributed by atoms with Gasteiger partial charge in [0.25, 0.3) is 0 Å². The summed E-state index contributed by atoms with van der Waals surface area (Å²) in [5.74, 6) is 0. The number of hydrogen-bond donors (Lipinski definition) is 2. The van der Waals surface area contributed by atoms with Gasteiger partial charge in [-0.1, -0.05) is 52.4 Å². The molecular formula is C15H36NO4S+. The molecule has 2 N–H and O–H groups in total. The molecule has 0 aliphatic rings. The molecule has 0 unspecified atom stereocenters. The average Bonchev–Trinajstić information content (AvgIpc) is 2.30. The maximum atomic E-state index is 8.74. The number of quaternary nitrogens is 1. The lowest BCUT2D eigenvalue weighted by atomic mass is 10.1. The molecule has 0 saturated heterocycles. The van der Waals surface area contributed by atoms with Gasteiger partial charge in [-0.15, -0.1) is 0 Å². The zero-order chi connectivity index (χ0) is 16.8. The van der Waals surface area contributed by atoms with Crippen molar-refractivity contribution < 1.29 is 22.0 Å². The highest BCUT2D eigenvalue weighted by atomic mass is 32.3. The predicted molar refractivity (Wildman–Crippen MR) is 88.9 cm³/mol. The Balaban J connectivity index is 0. The smallest absolute Gasteiger partial charge is 0.328 e. The molecule has 0 bridgehead atoms. The molecule has 130 valence electrons. The molecule has 0 spiro atoms. The van der Waals surface area contributed by atoms with Crippen LogP contribution in [0.25, 0.3) is 0 Å². The fourth-order valence-corrected chi connectivity index (χ4v) is 2.39. The molecule has 0 aromatic heterocycles. The molecule has 0 aromatic rings. The zero-order valence-corrected chi connectivity index (χ0v) is 15.2. The standard InChI is InChI=1S/C15H34N.H2O4S/c1-5-7-8-9-10-11-12-13-15-16(3,4)14-6-2;1-5(2,3)4/h5-15H2,1-4H3;(H2,1,2,3,4)/q+1;. The number of rotatable bonds is 11. The van der Waals surface area contributed by atoms with Crippen LogP contribution in [0.4, 0.5) is 0 Å². The Morgan fingerprint density at radius 3 is 1.48 bits per heavy atom. The molecule has 0 heterocycles. The van der Waals surface area contributed by atoms with Crippen LogP contribution in [0.5, 0.6) is 0 Å². The number of unbranched alkanes of at least 4 members (excludes halogenated alkanes) is 7. The van der Waals surface area contributed by atoms with E-state index in [1.165, 1.54) is 75.4 Å². The maximum absolute atomic E-state index is 8.74. The van der Waals surface area contributed by atoms with Gasteiger partial charge in [-0.25, -0.2) is 0 Å². The van der Waals surface area contributed by atoms with Crippen LogP contribution in [0.15, 0.2) is 0 Å². The van der Waals surface area contributed by atoms with Gasteiger partial charge in [0, 0.05) is 0 Å². The highest BCUT2D eigenvalue weighted by Crippen LogP contribution is 2.10. The molecule has 0 saturated carbocycles. The van der Waals surface area contributed by atoms with Crippen molar-refractivity contribution in [1.82, 2.24) is 0 Å². The Kier molecular flexibility index (Phi) is 14.8. The van der Waals surface area contributed by atoms with Crippen LogP contribution in [0.2, 0.25) is 0 Å². The van der Waals surface area contributed by atoms with Gasteiger partial charge in [0.2, 0.25) is 0 Å². The van der Waals surface area contributed by atoms with E-state index >= 15 is 0 Å². The normalized spacial score (nSPS) is 11.9. The quantitative estimate of drug-likeness (QED) is 0.342. The fraction of sp³-hybridized carbons (Fsp3) is 1.00. The van der Waals surface area contributed by atoms with E-state index in [1.807, 2.05) is 0 Å². The van der Waals surface area contributed by atoms with E-state index in [9.17, 15) is 0 Å². The van der Waals surface area contributed by atoms with Gasteiger partial charge in [0.1, 0.15) is 0 Å². The first-order chi connectivity index (χ1) is 9.62. The average molecular weight is 327 g/mol. The third-order valence-electron chi connectivity index (χ3n) is 3.45. The molecule has 0 rings (SSSR count). The van der Waals surface area contributed by atoms with Gasteiger partial charge < -0.3 is 4.48 Å². The third-order valence-corrected chi connectivity index (χ3v) is 3.45. The highest BCUT2D eigenvalue weighted by Gasteiger charge is 2.11. The van der Waals surface area contributed by atoms with Gasteiger partial charge in [-0.2, -0.15) is 8.42 Å². The third kappa shape index (κ3) is 28.7. The molecule has 5 nitrogen and oxygen atoms in total. The first kappa shape index (κ1) is 23.1. The first-order valence-electron chi connectivity index (χ1n) is 8.14. The maximum Gasteiger partial charge on any atom is 0.394 e. The van der Waals surface area contributed by atoms with Gasteiger partial charge >= 0.3 is 10.4 Å². The van der Waals surface area contributed by atoms with Crippen LogP contribution in [0.3, 0.4) is 0 Å². The minimum absolute atomic E-state index is 1.21. The summed E-state index contributed by atoms with van der Waals surface area (Å²) >= 11 is 0. The molecule has 0 aliphatic heterocycles. The molecule has 0 radical (unpaired) electrons. The van der Waals surface area contributed by atoms with Crippen LogP contribution >= 0.6 is 0 Å². The van der Waals surface area contributed by atoms with Crippen LogP contribution in [-0.2, 0) is 10.4 Å². The van der Waals surface area contributed by atoms with Crippen molar-refractivity contribution in [2.75, 3.05) is 27.2 Å². The van der Waals surface area contributed by atoms with E-state index in [0.29, 0.717) is 0 Å². The van der Waals surface area contributed by atoms with Crippen LogP contribution in [0.1, 0.15) is 71.6 Å². The monoisotopic (exact) mass is 326 g/mol. The summed E-state index contributed by atoms with van der Waals surface area (Å²) in [5.41, 5.74) is 0. The second kappa shape index (κ2) is 13.5. The molecule has 0 atom stereocenters. The zero-order valence-electron chi connectivity index (χ0n) is 14.3. The topological polar surface area (TPSA) is 74.6 Å². The molecule has 0 fully saturated rings. The molecule has 21 heavy (non-hydrogen) atoms. The second-order valence-electron chi connectivity index (χ2n) is 6.31. The van der Waals surface area contributed by atoms with Crippen LogP contribution in [-0.4, -0.2) is 49.2 Å². The Labute approximate surface area is 131 Å². The second-order valence-corrected chi connectivity index (χ2v) is 7.20. The van der Waals surface area contributed by atoms with Gasteiger partial charge in [0.05, 0.1) is 27.2 Å². The van der Waals surface area contributed by atoms with E-state index in [0.717, 1.165) is 0 Å². The minimum atomic E-state index is -4.67. The number of nitrogens with zero attached hydrogens (tertiary/aromatic N) is 1. The lowest BCUT2D eigenvalue weighted by Gasteiger charge is -2.29. The lowest BCUT2D eigenvalue weighted by molar-refractivity contribution is -0.890. The largest absolute Gasteiger partial charge is 0.394 e. The number of hydrogen-bond acceptors (Lipinski definition) is 2. The Hall–Kier alpha value is -0.170. The molecular weight excluding hydrogens is 290 g/mol. The molecule has 0 aliphatic carbocycles. The Morgan fingerprint density at radius 1 is 0.714 bits per heavy atom. The summed E-state index contributed by atoms with van der Waals surface area (Å²) in [6.45, 7) is 7.26. The molecule has 6 heteroatoms. The van der Waals surface area contributed by atoms with Crippen molar-refractivity contribution >= 4 is 10.4 Å². The fourth-order valence-electron chi connectivity index (χ4n) is 2.39. The van der Waals surface area contributed by atoms with Crippen molar-refractivity contribution in [2.24, 2.45) is 0 Å². The van der Waals surface area contributed by atoms with E-state index in [-0.39, 0.29) is 0 Å². The van der Waals surface area contributed by atoms with Crippen molar-refractivity contribution in [1.29, 1.82) is 0 Å². The first-order valence-corrected chi connectivity index (χ1v) is 9.54.